The van der Waals surface area contributed by atoms with Crippen molar-refractivity contribution in [3.8, 4) is 0 Å². The highest BCUT2D eigenvalue weighted by molar-refractivity contribution is 9.10. The Morgan fingerprint density at radius 3 is 2.80 bits per heavy atom. The molecule has 1 saturated carbocycles. The number of aromatic nitrogens is 2. The van der Waals surface area contributed by atoms with Crippen LogP contribution in [0.5, 0.6) is 0 Å². The molecule has 114 valence electrons. The Kier molecular flexibility index (Phi) is 4.92. The summed E-state index contributed by atoms with van der Waals surface area (Å²) in [5, 5.41) is 4.49. The van der Waals surface area contributed by atoms with Crippen molar-refractivity contribution in [1.82, 2.24) is 14.7 Å². The zero-order valence-electron chi connectivity index (χ0n) is 13.1. The number of likely N-dealkylation sites (N-methyl/N-ethyl adjacent to an activating group) is 1. The lowest BCUT2D eigenvalue weighted by atomic mass is 9.77. The second-order valence-electron chi connectivity index (χ2n) is 6.92. The van der Waals surface area contributed by atoms with Gasteiger partial charge < -0.3 is 10.6 Å². The van der Waals surface area contributed by atoms with E-state index in [0.717, 1.165) is 23.3 Å². The summed E-state index contributed by atoms with van der Waals surface area (Å²) in [4.78, 5) is 2.17. The lowest BCUT2D eigenvalue weighted by molar-refractivity contribution is 0.214. The Labute approximate surface area is 130 Å². The minimum atomic E-state index is 0.0616. The molecule has 20 heavy (non-hydrogen) atoms. The van der Waals surface area contributed by atoms with Gasteiger partial charge in [-0.3, -0.25) is 4.68 Å². The smallest absolute Gasteiger partial charge is 0.0697 e. The standard InChI is InChI=1S/C15H27BrN4/c1-15(2)7-5-6-11(15)13(17)14-12(16)10-18-20(14)9-8-19(3)4/h10-11,13H,5-9,17H2,1-4H3. The molecule has 1 aliphatic carbocycles. The molecule has 0 spiro atoms. The molecule has 0 saturated heterocycles. The molecule has 0 aromatic carbocycles. The largest absolute Gasteiger partial charge is 0.322 e. The van der Waals surface area contributed by atoms with Crippen molar-refractivity contribution in [3.05, 3.63) is 16.4 Å². The van der Waals surface area contributed by atoms with E-state index >= 15 is 0 Å². The number of nitrogens with zero attached hydrogens (tertiary/aromatic N) is 3. The van der Waals surface area contributed by atoms with Crippen molar-refractivity contribution in [3.63, 3.8) is 0 Å². The Hall–Kier alpha value is -0.390. The highest BCUT2D eigenvalue weighted by atomic mass is 79.9. The van der Waals surface area contributed by atoms with Crippen LogP contribution in [0.2, 0.25) is 0 Å². The number of hydrogen-bond acceptors (Lipinski definition) is 3. The van der Waals surface area contributed by atoms with Crippen LogP contribution in [0.25, 0.3) is 0 Å². The summed E-state index contributed by atoms with van der Waals surface area (Å²) in [6.07, 6.45) is 5.66. The van der Waals surface area contributed by atoms with E-state index in [0.29, 0.717) is 11.3 Å². The molecule has 4 nitrogen and oxygen atoms in total. The zero-order valence-corrected chi connectivity index (χ0v) is 14.7. The highest BCUT2D eigenvalue weighted by Crippen LogP contribution is 2.48. The maximum absolute atomic E-state index is 6.62. The molecule has 0 amide bonds. The summed E-state index contributed by atoms with van der Waals surface area (Å²) in [5.41, 5.74) is 8.11. The van der Waals surface area contributed by atoms with Gasteiger partial charge in [0.2, 0.25) is 0 Å². The molecular weight excluding hydrogens is 316 g/mol. The first-order valence-electron chi connectivity index (χ1n) is 7.44. The van der Waals surface area contributed by atoms with Gasteiger partial charge in [0.1, 0.15) is 0 Å². The van der Waals surface area contributed by atoms with E-state index in [1.807, 2.05) is 6.20 Å². The van der Waals surface area contributed by atoms with E-state index in [4.69, 9.17) is 5.73 Å². The van der Waals surface area contributed by atoms with Gasteiger partial charge in [-0.25, -0.2) is 0 Å². The van der Waals surface area contributed by atoms with Gasteiger partial charge in [-0.2, -0.15) is 5.10 Å². The molecule has 0 bridgehead atoms. The minimum Gasteiger partial charge on any atom is -0.322 e. The summed E-state index contributed by atoms with van der Waals surface area (Å²) >= 11 is 3.63. The highest BCUT2D eigenvalue weighted by Gasteiger charge is 2.40. The average Bonchev–Trinajstić information content (AvgIpc) is 2.88. The van der Waals surface area contributed by atoms with Crippen LogP contribution in [0.15, 0.2) is 10.7 Å². The normalized spacial score (nSPS) is 23.4. The van der Waals surface area contributed by atoms with Gasteiger partial charge >= 0.3 is 0 Å². The van der Waals surface area contributed by atoms with Crippen LogP contribution >= 0.6 is 15.9 Å². The van der Waals surface area contributed by atoms with Crippen molar-refractivity contribution in [2.24, 2.45) is 17.1 Å². The SMILES string of the molecule is CN(C)CCn1ncc(Br)c1C(N)C1CCCC1(C)C. The van der Waals surface area contributed by atoms with Crippen LogP contribution in [0.3, 0.4) is 0 Å². The third kappa shape index (κ3) is 3.26. The van der Waals surface area contributed by atoms with E-state index in [1.54, 1.807) is 0 Å². The fraction of sp³-hybridized carbons (Fsp3) is 0.800. The first-order chi connectivity index (χ1) is 9.33. The third-order valence-electron chi connectivity index (χ3n) is 4.68. The zero-order chi connectivity index (χ0) is 14.9. The second kappa shape index (κ2) is 6.16. The van der Waals surface area contributed by atoms with Gasteiger partial charge in [0.05, 0.1) is 29.0 Å². The number of hydrogen-bond donors (Lipinski definition) is 1. The van der Waals surface area contributed by atoms with Crippen molar-refractivity contribution in [1.29, 1.82) is 0 Å². The van der Waals surface area contributed by atoms with Crippen LogP contribution in [-0.2, 0) is 6.54 Å². The average molecular weight is 343 g/mol. The molecule has 0 radical (unpaired) electrons. The van der Waals surface area contributed by atoms with Gasteiger partial charge in [-0.1, -0.05) is 20.3 Å². The predicted molar refractivity (Wildman–Crippen MR) is 86.5 cm³/mol. The van der Waals surface area contributed by atoms with Gasteiger partial charge in [0, 0.05) is 6.54 Å². The summed E-state index contributed by atoms with van der Waals surface area (Å²) < 4.78 is 3.12. The van der Waals surface area contributed by atoms with Gasteiger partial charge in [-0.05, 0) is 54.2 Å². The molecule has 5 heteroatoms. The fourth-order valence-corrected chi connectivity index (χ4v) is 3.95. The fourth-order valence-electron chi connectivity index (χ4n) is 3.39. The molecule has 1 fully saturated rings. The Balaban J connectivity index is 2.21. The quantitative estimate of drug-likeness (QED) is 0.894. The monoisotopic (exact) mass is 342 g/mol. The van der Waals surface area contributed by atoms with E-state index in [-0.39, 0.29) is 6.04 Å². The van der Waals surface area contributed by atoms with E-state index in [9.17, 15) is 0 Å². The third-order valence-corrected chi connectivity index (χ3v) is 5.29. The minimum absolute atomic E-state index is 0.0616. The lowest BCUT2D eigenvalue weighted by Crippen LogP contribution is -2.32. The molecule has 2 N–H and O–H groups in total. The van der Waals surface area contributed by atoms with Gasteiger partial charge in [-0.15, -0.1) is 0 Å². The first kappa shape index (κ1) is 16.0. The lowest BCUT2D eigenvalue weighted by Gasteiger charge is -2.32. The van der Waals surface area contributed by atoms with Crippen molar-refractivity contribution < 1.29 is 0 Å². The maximum atomic E-state index is 6.62. The summed E-state index contributed by atoms with van der Waals surface area (Å²) in [7, 11) is 4.16. The summed E-state index contributed by atoms with van der Waals surface area (Å²) in [6.45, 7) is 6.55. The maximum Gasteiger partial charge on any atom is 0.0697 e. The van der Waals surface area contributed by atoms with E-state index in [1.165, 1.54) is 19.3 Å². The molecule has 1 aliphatic rings. The first-order valence-corrected chi connectivity index (χ1v) is 8.24. The predicted octanol–water partition coefficient (Wildman–Crippen LogP) is 3.03. The van der Waals surface area contributed by atoms with Crippen LogP contribution in [0.4, 0.5) is 0 Å². The second-order valence-corrected chi connectivity index (χ2v) is 7.77. The molecular formula is C15H27BrN4. The molecule has 2 unspecified atom stereocenters. The summed E-state index contributed by atoms with van der Waals surface area (Å²) in [6, 6.07) is 0.0616. The topological polar surface area (TPSA) is 47.1 Å². The Bertz CT molecular complexity index is 453. The molecule has 0 aliphatic heterocycles. The Morgan fingerprint density at radius 1 is 1.55 bits per heavy atom. The number of nitrogens with two attached hydrogens (primary N) is 1. The van der Waals surface area contributed by atoms with Crippen LogP contribution in [0, 0.1) is 11.3 Å². The van der Waals surface area contributed by atoms with Gasteiger partial charge in [0.25, 0.3) is 0 Å². The van der Waals surface area contributed by atoms with E-state index < -0.39 is 0 Å². The Morgan fingerprint density at radius 2 is 2.25 bits per heavy atom. The number of halogens is 1. The van der Waals surface area contributed by atoms with E-state index in [2.05, 4.69) is 58.6 Å². The van der Waals surface area contributed by atoms with Crippen molar-refractivity contribution in [2.45, 2.75) is 45.7 Å². The van der Waals surface area contributed by atoms with Crippen molar-refractivity contribution in [2.75, 3.05) is 20.6 Å². The van der Waals surface area contributed by atoms with Crippen LogP contribution in [0.1, 0.15) is 44.8 Å². The van der Waals surface area contributed by atoms with Gasteiger partial charge in [0.15, 0.2) is 0 Å². The van der Waals surface area contributed by atoms with Crippen molar-refractivity contribution >= 4 is 15.9 Å². The van der Waals surface area contributed by atoms with Crippen LogP contribution < -0.4 is 5.73 Å². The molecule has 2 rings (SSSR count). The summed E-state index contributed by atoms with van der Waals surface area (Å²) in [5.74, 6) is 0.536. The molecule has 1 aromatic rings. The molecule has 1 aromatic heterocycles. The molecule has 2 atom stereocenters. The van der Waals surface area contributed by atoms with Crippen LogP contribution in [-0.4, -0.2) is 35.3 Å². The number of rotatable bonds is 5. The molecule has 1 heterocycles.